The number of halogens is 2. The van der Waals surface area contributed by atoms with Gasteiger partial charge in [-0.3, -0.25) is 9.78 Å². The van der Waals surface area contributed by atoms with Crippen molar-refractivity contribution >= 4 is 38.6 Å². The Hall–Kier alpha value is -3.13. The first kappa shape index (κ1) is 16.3. The lowest BCUT2D eigenvalue weighted by Gasteiger charge is -2.04. The summed E-state index contributed by atoms with van der Waals surface area (Å²) in [5.74, 6) is -0.596. The molecular formula is C18H11BrFN5O. The zero-order valence-electron chi connectivity index (χ0n) is 13.2. The number of nitrogens with zero attached hydrogens (tertiary/aromatic N) is 4. The Kier molecular flexibility index (Phi) is 4.18. The topological polar surface area (TPSA) is 72.7 Å². The number of carbonyl (C=O) groups is 1. The van der Waals surface area contributed by atoms with E-state index in [1.165, 1.54) is 23.1 Å². The summed E-state index contributed by atoms with van der Waals surface area (Å²) in [6.45, 7) is 0. The SMILES string of the molecule is O=C(Nc1ccc2nn(-c3ccc(F)cc3)nc2c1)c1cncc(Br)c1. The standard InChI is InChI=1S/C18H11BrFN5O/c19-12-7-11(9-21-10-12)18(26)22-14-3-6-16-17(8-14)24-25(23-16)15-4-1-13(20)2-5-15/h1-10H,(H,22,26). The van der Waals surface area contributed by atoms with Gasteiger partial charge in [-0.05, 0) is 64.5 Å². The maximum Gasteiger partial charge on any atom is 0.257 e. The van der Waals surface area contributed by atoms with Gasteiger partial charge in [0.25, 0.3) is 5.91 Å². The fourth-order valence-electron chi connectivity index (χ4n) is 2.42. The van der Waals surface area contributed by atoms with E-state index in [1.54, 1.807) is 42.6 Å². The third-order valence-corrected chi connectivity index (χ3v) is 4.10. The van der Waals surface area contributed by atoms with Crippen molar-refractivity contribution in [2.24, 2.45) is 0 Å². The number of aromatic nitrogens is 4. The summed E-state index contributed by atoms with van der Waals surface area (Å²) in [4.78, 5) is 17.7. The Morgan fingerprint density at radius 1 is 1.00 bits per heavy atom. The van der Waals surface area contributed by atoms with Crippen molar-refractivity contribution in [2.75, 3.05) is 5.32 Å². The first-order chi connectivity index (χ1) is 12.6. The number of pyridine rings is 1. The van der Waals surface area contributed by atoms with E-state index in [-0.39, 0.29) is 11.7 Å². The summed E-state index contributed by atoms with van der Waals surface area (Å²) >= 11 is 3.29. The molecule has 1 amide bonds. The number of nitrogens with one attached hydrogen (secondary N) is 1. The Morgan fingerprint density at radius 3 is 2.54 bits per heavy atom. The highest BCUT2D eigenvalue weighted by atomic mass is 79.9. The predicted molar refractivity (Wildman–Crippen MR) is 98.7 cm³/mol. The van der Waals surface area contributed by atoms with Gasteiger partial charge in [-0.25, -0.2) is 4.39 Å². The average Bonchev–Trinajstić information content (AvgIpc) is 3.05. The molecule has 0 fully saturated rings. The Morgan fingerprint density at radius 2 is 1.77 bits per heavy atom. The molecule has 0 saturated carbocycles. The molecule has 0 radical (unpaired) electrons. The molecule has 4 aromatic rings. The highest BCUT2D eigenvalue weighted by Gasteiger charge is 2.10. The molecule has 4 rings (SSSR count). The Bertz CT molecular complexity index is 1110. The van der Waals surface area contributed by atoms with E-state index in [4.69, 9.17) is 0 Å². The smallest absolute Gasteiger partial charge is 0.257 e. The van der Waals surface area contributed by atoms with Gasteiger partial charge >= 0.3 is 0 Å². The van der Waals surface area contributed by atoms with Crippen LogP contribution < -0.4 is 5.32 Å². The lowest BCUT2D eigenvalue weighted by molar-refractivity contribution is 0.102. The van der Waals surface area contributed by atoms with E-state index < -0.39 is 0 Å². The minimum atomic E-state index is -0.322. The number of rotatable bonds is 3. The fourth-order valence-corrected chi connectivity index (χ4v) is 2.79. The fraction of sp³-hybridized carbons (Fsp3) is 0. The predicted octanol–water partition coefficient (Wildman–Crippen LogP) is 3.97. The molecule has 2 aromatic carbocycles. The first-order valence-corrected chi connectivity index (χ1v) is 8.43. The summed E-state index contributed by atoms with van der Waals surface area (Å²) in [5.41, 5.74) is 2.95. The van der Waals surface area contributed by atoms with Crippen LogP contribution in [0.2, 0.25) is 0 Å². The molecule has 8 heteroatoms. The third-order valence-electron chi connectivity index (χ3n) is 3.66. The molecule has 26 heavy (non-hydrogen) atoms. The van der Waals surface area contributed by atoms with Crippen LogP contribution in [0.15, 0.2) is 65.4 Å². The first-order valence-electron chi connectivity index (χ1n) is 7.63. The van der Waals surface area contributed by atoms with Crippen LogP contribution in [-0.4, -0.2) is 25.9 Å². The highest BCUT2D eigenvalue weighted by Crippen LogP contribution is 2.19. The molecule has 128 valence electrons. The molecular weight excluding hydrogens is 401 g/mol. The number of benzene rings is 2. The van der Waals surface area contributed by atoms with Crippen LogP contribution in [0.4, 0.5) is 10.1 Å². The van der Waals surface area contributed by atoms with Crippen molar-refractivity contribution in [3.63, 3.8) is 0 Å². The molecule has 1 N–H and O–H groups in total. The van der Waals surface area contributed by atoms with E-state index in [2.05, 4.69) is 36.4 Å². The zero-order chi connectivity index (χ0) is 18.1. The highest BCUT2D eigenvalue weighted by molar-refractivity contribution is 9.10. The minimum Gasteiger partial charge on any atom is -0.322 e. The van der Waals surface area contributed by atoms with Crippen molar-refractivity contribution in [1.82, 2.24) is 20.0 Å². The average molecular weight is 412 g/mol. The van der Waals surface area contributed by atoms with Gasteiger partial charge in [-0.15, -0.1) is 10.2 Å². The van der Waals surface area contributed by atoms with Crippen LogP contribution in [0.3, 0.4) is 0 Å². The summed E-state index contributed by atoms with van der Waals surface area (Å²) < 4.78 is 13.8. The number of amides is 1. The molecule has 0 aliphatic carbocycles. The largest absolute Gasteiger partial charge is 0.322 e. The number of fused-ring (bicyclic) bond motifs is 1. The Labute approximate surface area is 155 Å². The van der Waals surface area contributed by atoms with Crippen molar-refractivity contribution < 1.29 is 9.18 Å². The maximum absolute atomic E-state index is 13.0. The van der Waals surface area contributed by atoms with Crippen LogP contribution >= 0.6 is 15.9 Å². The number of hydrogen-bond donors (Lipinski definition) is 1. The van der Waals surface area contributed by atoms with E-state index in [1.807, 2.05) is 0 Å². The van der Waals surface area contributed by atoms with E-state index in [9.17, 15) is 9.18 Å². The van der Waals surface area contributed by atoms with E-state index in [0.717, 1.165) is 4.47 Å². The van der Waals surface area contributed by atoms with Crippen molar-refractivity contribution in [1.29, 1.82) is 0 Å². The lowest BCUT2D eigenvalue weighted by Crippen LogP contribution is -2.12. The molecule has 0 bridgehead atoms. The maximum atomic E-state index is 13.0. The molecule has 2 heterocycles. The van der Waals surface area contributed by atoms with Crippen LogP contribution in [-0.2, 0) is 0 Å². The molecule has 0 unspecified atom stereocenters. The molecule has 0 spiro atoms. The van der Waals surface area contributed by atoms with Gasteiger partial charge in [0.15, 0.2) is 0 Å². The van der Waals surface area contributed by atoms with Crippen LogP contribution in [0.1, 0.15) is 10.4 Å². The van der Waals surface area contributed by atoms with E-state index >= 15 is 0 Å². The van der Waals surface area contributed by atoms with Gasteiger partial charge in [-0.2, -0.15) is 4.80 Å². The van der Waals surface area contributed by atoms with Crippen LogP contribution in [0.25, 0.3) is 16.7 Å². The summed E-state index contributed by atoms with van der Waals surface area (Å²) in [7, 11) is 0. The second-order valence-corrected chi connectivity index (χ2v) is 6.43. The molecule has 0 saturated heterocycles. The summed E-state index contributed by atoms with van der Waals surface area (Å²) in [5, 5.41) is 11.5. The van der Waals surface area contributed by atoms with Gasteiger partial charge in [0.1, 0.15) is 16.9 Å². The molecule has 6 nitrogen and oxygen atoms in total. The van der Waals surface area contributed by atoms with Gasteiger partial charge in [0.2, 0.25) is 0 Å². The summed E-state index contributed by atoms with van der Waals surface area (Å²) in [6, 6.07) is 12.8. The van der Waals surface area contributed by atoms with E-state index in [0.29, 0.717) is 28.0 Å². The van der Waals surface area contributed by atoms with Crippen LogP contribution in [0.5, 0.6) is 0 Å². The van der Waals surface area contributed by atoms with Gasteiger partial charge in [-0.1, -0.05) is 0 Å². The summed E-state index contributed by atoms with van der Waals surface area (Å²) in [6.07, 6.45) is 3.10. The van der Waals surface area contributed by atoms with Crippen molar-refractivity contribution in [3.05, 3.63) is 76.8 Å². The van der Waals surface area contributed by atoms with Crippen LogP contribution in [0, 0.1) is 5.82 Å². The monoisotopic (exact) mass is 411 g/mol. The molecule has 0 aliphatic heterocycles. The van der Waals surface area contributed by atoms with Crippen molar-refractivity contribution in [3.8, 4) is 5.69 Å². The zero-order valence-corrected chi connectivity index (χ0v) is 14.8. The lowest BCUT2D eigenvalue weighted by atomic mass is 10.2. The second kappa shape index (κ2) is 6.64. The van der Waals surface area contributed by atoms with Crippen molar-refractivity contribution in [2.45, 2.75) is 0 Å². The number of anilines is 1. The minimum absolute atomic E-state index is 0.274. The molecule has 2 aromatic heterocycles. The quantitative estimate of drug-likeness (QED) is 0.553. The van der Waals surface area contributed by atoms with Gasteiger partial charge in [0.05, 0.1) is 11.3 Å². The number of hydrogen-bond acceptors (Lipinski definition) is 4. The molecule has 0 atom stereocenters. The Balaban J connectivity index is 1.61. The van der Waals surface area contributed by atoms with Gasteiger partial charge < -0.3 is 5.32 Å². The normalized spacial score (nSPS) is 10.8. The second-order valence-electron chi connectivity index (χ2n) is 5.52. The third kappa shape index (κ3) is 3.31. The van der Waals surface area contributed by atoms with Gasteiger partial charge in [0, 0.05) is 22.6 Å². The number of carbonyl (C=O) groups excluding carboxylic acids is 1. The molecule has 0 aliphatic rings.